The molecule has 0 unspecified atom stereocenters. The molecular weight excluding hydrogens is 168 g/mol. The van der Waals surface area contributed by atoms with Gasteiger partial charge in [-0.1, -0.05) is 6.92 Å². The van der Waals surface area contributed by atoms with Gasteiger partial charge in [0.25, 0.3) is 0 Å². The highest BCUT2D eigenvalue weighted by atomic mass is 16.2. The standard InChI is InChI=1S/C8H12N4O/c1-3-8(13)11-10-6-7-9-4-5-12(7)2/h4-6H,3H2,1-2H3,(H,11,13)/b10-6+. The molecule has 1 heterocycles. The maximum atomic E-state index is 10.8. The van der Waals surface area contributed by atoms with Crippen LogP contribution in [-0.4, -0.2) is 21.7 Å². The third-order valence-electron chi connectivity index (χ3n) is 1.55. The monoisotopic (exact) mass is 180 g/mol. The molecule has 0 bridgehead atoms. The summed E-state index contributed by atoms with van der Waals surface area (Å²) < 4.78 is 1.81. The third kappa shape index (κ3) is 2.70. The zero-order valence-electron chi connectivity index (χ0n) is 7.69. The Morgan fingerprint density at radius 1 is 1.85 bits per heavy atom. The van der Waals surface area contributed by atoms with Crippen LogP contribution in [0.3, 0.4) is 0 Å². The Morgan fingerprint density at radius 3 is 3.15 bits per heavy atom. The molecule has 70 valence electrons. The topological polar surface area (TPSA) is 59.3 Å². The number of rotatable bonds is 3. The Kier molecular flexibility index (Phi) is 3.19. The first-order chi connectivity index (χ1) is 6.24. The summed E-state index contributed by atoms with van der Waals surface area (Å²) in [5, 5.41) is 3.74. The number of carbonyl (C=O) groups excluding carboxylic acids is 1. The molecule has 13 heavy (non-hydrogen) atoms. The second-order valence-corrected chi connectivity index (χ2v) is 2.54. The summed E-state index contributed by atoms with van der Waals surface area (Å²) >= 11 is 0. The summed E-state index contributed by atoms with van der Waals surface area (Å²) in [5.74, 6) is 0.599. The zero-order chi connectivity index (χ0) is 9.68. The summed E-state index contributed by atoms with van der Waals surface area (Å²) in [6.07, 6.45) is 5.41. The lowest BCUT2D eigenvalue weighted by Gasteiger charge is -1.94. The van der Waals surface area contributed by atoms with Crippen molar-refractivity contribution in [2.75, 3.05) is 0 Å². The van der Waals surface area contributed by atoms with E-state index in [1.807, 2.05) is 17.8 Å². The molecule has 1 aromatic heterocycles. The number of amides is 1. The largest absolute Gasteiger partial charge is 0.333 e. The molecule has 0 fully saturated rings. The van der Waals surface area contributed by atoms with Gasteiger partial charge in [-0.05, 0) is 0 Å². The van der Waals surface area contributed by atoms with Crippen LogP contribution in [0.5, 0.6) is 0 Å². The molecule has 0 atom stereocenters. The van der Waals surface area contributed by atoms with Crippen molar-refractivity contribution in [1.29, 1.82) is 0 Å². The van der Waals surface area contributed by atoms with Crippen LogP contribution in [0.25, 0.3) is 0 Å². The van der Waals surface area contributed by atoms with Crippen molar-refractivity contribution in [3.63, 3.8) is 0 Å². The van der Waals surface area contributed by atoms with Crippen LogP contribution >= 0.6 is 0 Å². The Labute approximate surface area is 76.5 Å². The van der Waals surface area contributed by atoms with Crippen LogP contribution in [0.4, 0.5) is 0 Å². The minimum atomic E-state index is -0.106. The van der Waals surface area contributed by atoms with Crippen molar-refractivity contribution in [2.45, 2.75) is 13.3 Å². The van der Waals surface area contributed by atoms with Gasteiger partial charge in [-0.25, -0.2) is 10.4 Å². The highest BCUT2D eigenvalue weighted by Crippen LogP contribution is 1.88. The molecule has 1 rings (SSSR count). The van der Waals surface area contributed by atoms with Crippen LogP contribution in [0.1, 0.15) is 19.2 Å². The molecule has 1 aromatic rings. The van der Waals surface area contributed by atoms with Gasteiger partial charge in [0.1, 0.15) is 0 Å². The third-order valence-corrected chi connectivity index (χ3v) is 1.55. The van der Waals surface area contributed by atoms with Crippen LogP contribution in [0.2, 0.25) is 0 Å². The summed E-state index contributed by atoms with van der Waals surface area (Å²) in [5.41, 5.74) is 2.38. The van der Waals surface area contributed by atoms with Crippen molar-refractivity contribution < 1.29 is 4.79 Å². The Morgan fingerprint density at radius 2 is 2.62 bits per heavy atom. The van der Waals surface area contributed by atoms with E-state index in [4.69, 9.17) is 0 Å². The number of hydrogen-bond acceptors (Lipinski definition) is 3. The SMILES string of the molecule is CCC(=O)N/N=C/c1nccn1C. The first kappa shape index (κ1) is 9.44. The zero-order valence-corrected chi connectivity index (χ0v) is 7.69. The maximum Gasteiger partial charge on any atom is 0.239 e. The van der Waals surface area contributed by atoms with E-state index in [1.165, 1.54) is 6.21 Å². The second-order valence-electron chi connectivity index (χ2n) is 2.54. The van der Waals surface area contributed by atoms with E-state index in [1.54, 1.807) is 13.1 Å². The van der Waals surface area contributed by atoms with Gasteiger partial charge in [-0.2, -0.15) is 5.10 Å². The van der Waals surface area contributed by atoms with Gasteiger partial charge in [0.05, 0.1) is 6.21 Å². The molecule has 0 saturated carbocycles. The lowest BCUT2D eigenvalue weighted by atomic mass is 10.5. The van der Waals surface area contributed by atoms with Gasteiger partial charge in [0.2, 0.25) is 5.91 Å². The van der Waals surface area contributed by atoms with Crippen LogP contribution < -0.4 is 5.43 Å². The number of nitrogens with zero attached hydrogens (tertiary/aromatic N) is 3. The lowest BCUT2D eigenvalue weighted by molar-refractivity contribution is -0.120. The van der Waals surface area contributed by atoms with E-state index in [-0.39, 0.29) is 5.91 Å². The minimum Gasteiger partial charge on any atom is -0.333 e. The van der Waals surface area contributed by atoms with Crippen molar-refractivity contribution in [2.24, 2.45) is 12.1 Å². The Balaban J connectivity index is 2.50. The van der Waals surface area contributed by atoms with E-state index >= 15 is 0 Å². The van der Waals surface area contributed by atoms with Gasteiger partial charge in [0, 0.05) is 25.9 Å². The predicted molar refractivity (Wildman–Crippen MR) is 49.2 cm³/mol. The molecule has 5 nitrogen and oxygen atoms in total. The molecular formula is C8H12N4O. The number of hydrazone groups is 1. The average Bonchev–Trinajstić information content (AvgIpc) is 2.52. The molecule has 0 radical (unpaired) electrons. The van der Waals surface area contributed by atoms with Gasteiger partial charge in [-0.15, -0.1) is 0 Å². The quantitative estimate of drug-likeness (QED) is 0.536. The van der Waals surface area contributed by atoms with Gasteiger partial charge in [-0.3, -0.25) is 4.79 Å². The Hall–Kier alpha value is -1.65. The molecule has 0 saturated heterocycles. The molecule has 0 spiro atoms. The fraction of sp³-hybridized carbons (Fsp3) is 0.375. The average molecular weight is 180 g/mol. The van der Waals surface area contributed by atoms with Crippen molar-refractivity contribution in [1.82, 2.24) is 15.0 Å². The molecule has 5 heteroatoms. The van der Waals surface area contributed by atoms with Crippen LogP contribution in [0, 0.1) is 0 Å². The Bertz CT molecular complexity index is 316. The number of hydrogen-bond donors (Lipinski definition) is 1. The van der Waals surface area contributed by atoms with E-state index in [0.717, 1.165) is 0 Å². The number of imidazole rings is 1. The van der Waals surface area contributed by atoms with Gasteiger partial charge in [0.15, 0.2) is 5.82 Å². The van der Waals surface area contributed by atoms with Crippen molar-refractivity contribution >= 4 is 12.1 Å². The minimum absolute atomic E-state index is 0.106. The van der Waals surface area contributed by atoms with Crippen LogP contribution in [0.15, 0.2) is 17.5 Å². The molecule has 0 aliphatic heterocycles. The summed E-state index contributed by atoms with van der Waals surface area (Å²) in [7, 11) is 1.86. The normalized spacial score (nSPS) is 10.6. The summed E-state index contributed by atoms with van der Waals surface area (Å²) in [4.78, 5) is 14.8. The first-order valence-electron chi connectivity index (χ1n) is 4.03. The number of carbonyl (C=O) groups is 1. The van der Waals surface area contributed by atoms with Crippen LogP contribution in [-0.2, 0) is 11.8 Å². The van der Waals surface area contributed by atoms with E-state index in [0.29, 0.717) is 12.2 Å². The van der Waals surface area contributed by atoms with E-state index in [2.05, 4.69) is 15.5 Å². The van der Waals surface area contributed by atoms with E-state index < -0.39 is 0 Å². The van der Waals surface area contributed by atoms with Crippen molar-refractivity contribution in [3.8, 4) is 0 Å². The van der Waals surface area contributed by atoms with E-state index in [9.17, 15) is 4.79 Å². The molecule has 0 aromatic carbocycles. The van der Waals surface area contributed by atoms with Gasteiger partial charge >= 0.3 is 0 Å². The summed E-state index contributed by atoms with van der Waals surface area (Å²) in [6.45, 7) is 1.77. The highest BCUT2D eigenvalue weighted by molar-refractivity contribution is 5.79. The highest BCUT2D eigenvalue weighted by Gasteiger charge is 1.94. The molecule has 1 N–H and O–H groups in total. The fourth-order valence-corrected chi connectivity index (χ4v) is 0.743. The number of aromatic nitrogens is 2. The lowest BCUT2D eigenvalue weighted by Crippen LogP contribution is -2.16. The molecule has 1 amide bonds. The summed E-state index contributed by atoms with van der Waals surface area (Å²) in [6, 6.07) is 0. The number of nitrogens with one attached hydrogen (secondary N) is 1. The second kappa shape index (κ2) is 4.39. The predicted octanol–water partition coefficient (Wildman–Crippen LogP) is 0.280. The van der Waals surface area contributed by atoms with Crippen molar-refractivity contribution in [3.05, 3.63) is 18.2 Å². The maximum absolute atomic E-state index is 10.8. The fourth-order valence-electron chi connectivity index (χ4n) is 0.743. The molecule has 0 aliphatic carbocycles. The van der Waals surface area contributed by atoms with Gasteiger partial charge < -0.3 is 4.57 Å². The molecule has 0 aliphatic rings. The number of aryl methyl sites for hydroxylation is 1. The smallest absolute Gasteiger partial charge is 0.239 e. The first-order valence-corrected chi connectivity index (χ1v) is 4.03.